The van der Waals surface area contributed by atoms with E-state index < -0.39 is 5.97 Å². The van der Waals surface area contributed by atoms with Gasteiger partial charge in [0.05, 0.1) is 19.6 Å². The van der Waals surface area contributed by atoms with Crippen molar-refractivity contribution in [3.63, 3.8) is 0 Å². The lowest BCUT2D eigenvalue weighted by Gasteiger charge is -2.23. The number of carbonyl (C=O) groups is 1. The van der Waals surface area contributed by atoms with Gasteiger partial charge in [-0.3, -0.25) is 10.00 Å². The molecule has 6 nitrogen and oxygen atoms in total. The molecule has 0 amide bonds. The molecule has 0 radical (unpaired) electrons. The zero-order valence-electron chi connectivity index (χ0n) is 11.3. The number of aromatic nitrogens is 2. The van der Waals surface area contributed by atoms with E-state index in [4.69, 9.17) is 9.15 Å². The fourth-order valence-corrected chi connectivity index (χ4v) is 2.79. The molecule has 2 aromatic rings. The molecule has 1 N–H and O–H groups in total. The van der Waals surface area contributed by atoms with Crippen molar-refractivity contribution in [2.24, 2.45) is 0 Å². The molecular weight excluding hydrogens is 258 g/mol. The van der Waals surface area contributed by atoms with Crippen LogP contribution < -0.4 is 0 Å². The van der Waals surface area contributed by atoms with Gasteiger partial charge in [0, 0.05) is 29.9 Å². The van der Waals surface area contributed by atoms with Crippen LogP contribution >= 0.6 is 0 Å². The van der Waals surface area contributed by atoms with Gasteiger partial charge in [0.1, 0.15) is 0 Å². The van der Waals surface area contributed by atoms with Crippen LogP contribution in [-0.4, -0.2) is 34.7 Å². The van der Waals surface area contributed by atoms with Gasteiger partial charge in [-0.05, 0) is 25.5 Å². The smallest absolute Gasteiger partial charge is 0.374 e. The number of furan rings is 1. The average Bonchev–Trinajstić information content (AvgIpc) is 3.19. The molecule has 3 heterocycles. The second-order valence-electron chi connectivity index (χ2n) is 4.93. The van der Waals surface area contributed by atoms with E-state index >= 15 is 0 Å². The second-order valence-corrected chi connectivity index (χ2v) is 4.93. The van der Waals surface area contributed by atoms with Gasteiger partial charge in [-0.15, -0.1) is 0 Å². The van der Waals surface area contributed by atoms with Crippen molar-refractivity contribution in [2.45, 2.75) is 25.4 Å². The minimum atomic E-state index is -0.427. The average molecular weight is 275 g/mol. The molecule has 0 bridgehead atoms. The molecule has 0 aliphatic carbocycles. The Morgan fingerprint density at radius 1 is 1.65 bits per heavy atom. The Morgan fingerprint density at radius 2 is 2.55 bits per heavy atom. The van der Waals surface area contributed by atoms with Gasteiger partial charge in [0.2, 0.25) is 5.76 Å². The number of hydrogen-bond donors (Lipinski definition) is 1. The summed E-state index contributed by atoms with van der Waals surface area (Å²) in [6, 6.07) is 2.17. The summed E-state index contributed by atoms with van der Waals surface area (Å²) in [4.78, 5) is 14.0. The number of esters is 1. The summed E-state index contributed by atoms with van der Waals surface area (Å²) in [6.07, 6.45) is 7.57. The van der Waals surface area contributed by atoms with Gasteiger partial charge in [0.15, 0.2) is 0 Å². The molecule has 106 valence electrons. The Hall–Kier alpha value is -2.08. The van der Waals surface area contributed by atoms with Crippen molar-refractivity contribution in [2.75, 3.05) is 13.7 Å². The van der Waals surface area contributed by atoms with E-state index in [2.05, 4.69) is 15.1 Å². The molecule has 2 aromatic heterocycles. The Balaban J connectivity index is 1.77. The van der Waals surface area contributed by atoms with Crippen LogP contribution in [0.3, 0.4) is 0 Å². The lowest BCUT2D eigenvalue weighted by molar-refractivity contribution is 0.0561. The first-order valence-corrected chi connectivity index (χ1v) is 6.67. The molecule has 0 aromatic carbocycles. The summed E-state index contributed by atoms with van der Waals surface area (Å²) < 4.78 is 9.97. The molecule has 1 saturated heterocycles. The van der Waals surface area contributed by atoms with Gasteiger partial charge in [-0.2, -0.15) is 5.10 Å². The number of carbonyl (C=O) groups excluding carboxylic acids is 1. The number of rotatable bonds is 4. The Kier molecular flexibility index (Phi) is 3.56. The highest BCUT2D eigenvalue weighted by Gasteiger charge is 2.28. The van der Waals surface area contributed by atoms with Crippen LogP contribution in [-0.2, 0) is 11.3 Å². The van der Waals surface area contributed by atoms with Gasteiger partial charge in [-0.1, -0.05) is 0 Å². The topological polar surface area (TPSA) is 71.4 Å². The largest absolute Gasteiger partial charge is 0.463 e. The van der Waals surface area contributed by atoms with E-state index in [9.17, 15) is 4.79 Å². The maximum atomic E-state index is 11.6. The monoisotopic (exact) mass is 275 g/mol. The van der Waals surface area contributed by atoms with Crippen molar-refractivity contribution in [3.05, 3.63) is 41.6 Å². The first-order chi connectivity index (χ1) is 9.79. The first-order valence-electron chi connectivity index (χ1n) is 6.67. The Bertz CT molecular complexity index is 576. The third-order valence-corrected chi connectivity index (χ3v) is 3.76. The quantitative estimate of drug-likeness (QED) is 0.865. The van der Waals surface area contributed by atoms with E-state index in [-0.39, 0.29) is 0 Å². The lowest BCUT2D eigenvalue weighted by atomic mass is 10.1. The number of nitrogens with zero attached hydrogens (tertiary/aromatic N) is 2. The summed E-state index contributed by atoms with van der Waals surface area (Å²) in [5.74, 6) is -0.130. The van der Waals surface area contributed by atoms with E-state index in [0.717, 1.165) is 24.9 Å². The zero-order chi connectivity index (χ0) is 13.9. The summed E-state index contributed by atoms with van der Waals surface area (Å²) in [5, 5.41) is 6.87. The third kappa shape index (κ3) is 2.34. The van der Waals surface area contributed by atoms with Gasteiger partial charge >= 0.3 is 5.97 Å². The molecule has 20 heavy (non-hydrogen) atoms. The Morgan fingerprint density at radius 3 is 3.30 bits per heavy atom. The number of aromatic amines is 1. The third-order valence-electron chi connectivity index (χ3n) is 3.76. The van der Waals surface area contributed by atoms with Crippen LogP contribution in [0.15, 0.2) is 29.1 Å². The van der Waals surface area contributed by atoms with Crippen molar-refractivity contribution < 1.29 is 13.9 Å². The standard InChI is InChI=1S/C14H17N3O3/c1-19-14(18)13-10(4-6-20-13)9-17-5-2-3-12(17)11-7-15-16-8-11/h4,6-8,12H,2-3,5,9H2,1H3,(H,15,16). The van der Waals surface area contributed by atoms with Crippen molar-refractivity contribution >= 4 is 5.97 Å². The summed E-state index contributed by atoms with van der Waals surface area (Å²) in [5.41, 5.74) is 2.05. The van der Waals surface area contributed by atoms with Crippen LogP contribution in [0.25, 0.3) is 0 Å². The first kappa shape index (κ1) is 12.9. The molecule has 1 atom stereocenters. The fourth-order valence-electron chi connectivity index (χ4n) is 2.79. The highest BCUT2D eigenvalue weighted by Crippen LogP contribution is 2.33. The van der Waals surface area contributed by atoms with E-state index in [1.807, 2.05) is 18.5 Å². The SMILES string of the molecule is COC(=O)c1occc1CN1CCCC1c1cn[nH]c1. The van der Waals surface area contributed by atoms with E-state index in [1.165, 1.54) is 18.9 Å². The Labute approximate surface area is 116 Å². The summed E-state index contributed by atoms with van der Waals surface area (Å²) in [6.45, 7) is 1.68. The summed E-state index contributed by atoms with van der Waals surface area (Å²) >= 11 is 0. The normalized spacial score (nSPS) is 19.4. The highest BCUT2D eigenvalue weighted by molar-refractivity contribution is 5.87. The molecule has 3 rings (SSSR count). The van der Waals surface area contributed by atoms with Gasteiger partial charge in [-0.25, -0.2) is 4.79 Å². The minimum Gasteiger partial charge on any atom is -0.463 e. The van der Waals surface area contributed by atoms with E-state index in [1.54, 1.807) is 0 Å². The van der Waals surface area contributed by atoms with Gasteiger partial charge < -0.3 is 9.15 Å². The van der Waals surface area contributed by atoms with Crippen LogP contribution in [0.4, 0.5) is 0 Å². The maximum Gasteiger partial charge on any atom is 0.374 e. The molecular formula is C14H17N3O3. The zero-order valence-corrected chi connectivity index (χ0v) is 11.3. The minimum absolute atomic E-state index is 0.297. The van der Waals surface area contributed by atoms with Crippen molar-refractivity contribution in [3.8, 4) is 0 Å². The van der Waals surface area contributed by atoms with Crippen LogP contribution in [0.1, 0.15) is 40.6 Å². The molecule has 1 fully saturated rings. The fraction of sp³-hybridized carbons (Fsp3) is 0.429. The van der Waals surface area contributed by atoms with E-state index in [0.29, 0.717) is 18.3 Å². The van der Waals surface area contributed by atoms with Gasteiger partial charge in [0.25, 0.3) is 0 Å². The van der Waals surface area contributed by atoms with Crippen LogP contribution in [0.2, 0.25) is 0 Å². The number of H-pyrrole nitrogens is 1. The molecule has 1 aliphatic rings. The lowest BCUT2D eigenvalue weighted by Crippen LogP contribution is -2.23. The van der Waals surface area contributed by atoms with Crippen LogP contribution in [0.5, 0.6) is 0 Å². The summed E-state index contributed by atoms with van der Waals surface area (Å²) in [7, 11) is 1.36. The molecule has 1 aliphatic heterocycles. The second kappa shape index (κ2) is 5.50. The number of hydrogen-bond acceptors (Lipinski definition) is 5. The van der Waals surface area contributed by atoms with Crippen molar-refractivity contribution in [1.29, 1.82) is 0 Å². The number of methoxy groups -OCH3 is 1. The molecule has 0 saturated carbocycles. The molecule has 1 unspecified atom stereocenters. The predicted molar refractivity (Wildman–Crippen MR) is 71.0 cm³/mol. The number of ether oxygens (including phenoxy) is 1. The highest BCUT2D eigenvalue weighted by atomic mass is 16.5. The maximum absolute atomic E-state index is 11.6. The molecule has 0 spiro atoms. The molecule has 6 heteroatoms. The van der Waals surface area contributed by atoms with Crippen molar-refractivity contribution in [1.82, 2.24) is 15.1 Å². The number of nitrogens with one attached hydrogen (secondary N) is 1. The van der Waals surface area contributed by atoms with Crippen LogP contribution in [0, 0.1) is 0 Å². The number of likely N-dealkylation sites (tertiary alicyclic amines) is 1. The predicted octanol–water partition coefficient (Wildman–Crippen LogP) is 2.13.